The number of ether oxygens (including phenoxy) is 1. The number of amides is 3. The van der Waals surface area contributed by atoms with Crippen LogP contribution in [0.1, 0.15) is 48.1 Å². The topological polar surface area (TPSA) is 70.7 Å². The molecule has 0 aromatic heterocycles. The fourth-order valence-corrected chi connectivity index (χ4v) is 4.90. The number of nitrogens with zero attached hydrogens (tertiary/aromatic N) is 1. The van der Waals surface area contributed by atoms with Gasteiger partial charge in [-0.25, -0.2) is 4.79 Å². The number of nitrogens with one attached hydrogen (secondary N) is 2. The Kier molecular flexibility index (Phi) is 6.21. The van der Waals surface area contributed by atoms with Crippen molar-refractivity contribution in [2.45, 2.75) is 51.4 Å². The van der Waals surface area contributed by atoms with Gasteiger partial charge in [0.1, 0.15) is 5.75 Å². The molecule has 3 aromatic rings. The number of hydrogen-bond acceptors (Lipinski definition) is 3. The van der Waals surface area contributed by atoms with E-state index in [9.17, 15) is 9.59 Å². The summed E-state index contributed by atoms with van der Waals surface area (Å²) in [4.78, 5) is 27.7. The van der Waals surface area contributed by atoms with E-state index in [1.54, 1.807) is 0 Å². The minimum Gasteiger partial charge on any atom is -0.481 e. The summed E-state index contributed by atoms with van der Waals surface area (Å²) in [7, 11) is 0. The lowest BCUT2D eigenvalue weighted by Gasteiger charge is -2.35. The van der Waals surface area contributed by atoms with E-state index in [0.29, 0.717) is 24.5 Å². The Morgan fingerprint density at radius 3 is 2.68 bits per heavy atom. The molecular weight excluding hydrogens is 426 g/mol. The van der Waals surface area contributed by atoms with Gasteiger partial charge in [-0.3, -0.25) is 4.79 Å². The molecule has 0 spiro atoms. The molecule has 2 N–H and O–H groups in total. The van der Waals surface area contributed by atoms with Gasteiger partial charge in [0.05, 0.1) is 12.6 Å². The molecule has 3 amide bonds. The molecule has 2 atom stereocenters. The highest BCUT2D eigenvalue weighted by Crippen LogP contribution is 2.38. The van der Waals surface area contributed by atoms with Gasteiger partial charge in [-0.05, 0) is 61.1 Å². The fourth-order valence-electron chi connectivity index (χ4n) is 4.90. The number of carbonyl (C=O) groups is 2. The van der Waals surface area contributed by atoms with E-state index in [4.69, 9.17) is 4.74 Å². The maximum Gasteiger partial charge on any atom is 0.319 e. The van der Waals surface area contributed by atoms with Crippen LogP contribution in [0.3, 0.4) is 0 Å². The van der Waals surface area contributed by atoms with E-state index in [-0.39, 0.29) is 18.0 Å². The Morgan fingerprint density at radius 1 is 1.03 bits per heavy atom. The zero-order valence-electron chi connectivity index (χ0n) is 19.3. The lowest BCUT2D eigenvalue weighted by Crippen LogP contribution is -2.41. The van der Waals surface area contributed by atoms with E-state index in [1.807, 2.05) is 66.4 Å². The number of benzene rings is 3. The molecule has 3 aromatic carbocycles. The zero-order valence-corrected chi connectivity index (χ0v) is 19.3. The predicted molar refractivity (Wildman–Crippen MR) is 132 cm³/mol. The van der Waals surface area contributed by atoms with Crippen LogP contribution in [0.2, 0.25) is 0 Å². The normalized spacial score (nSPS) is 19.3. The van der Waals surface area contributed by atoms with Gasteiger partial charge >= 0.3 is 6.03 Å². The number of aryl methyl sites for hydroxylation is 1. The smallest absolute Gasteiger partial charge is 0.319 e. The summed E-state index contributed by atoms with van der Waals surface area (Å²) in [5.74, 6) is 0.677. The zero-order chi connectivity index (χ0) is 23.5. The molecule has 1 heterocycles. The molecule has 6 nitrogen and oxygen atoms in total. The van der Waals surface area contributed by atoms with Gasteiger partial charge in [-0.2, -0.15) is 0 Å². The average molecular weight is 456 g/mol. The molecule has 174 valence electrons. The third-order valence-corrected chi connectivity index (χ3v) is 6.60. The summed E-state index contributed by atoms with van der Waals surface area (Å²) in [6.07, 6.45) is 2.47. The van der Waals surface area contributed by atoms with Gasteiger partial charge in [-0.15, -0.1) is 0 Å². The number of rotatable bonds is 4. The maximum atomic E-state index is 13.3. The standard InChI is InChI=1S/C28H29N3O3/c1-19-27(32)31(25-13-7-11-21-10-5-6-12-24(21)25)18-22-16-23(14-15-26(22)34-19)30-28(33)29-17-20-8-3-2-4-9-20/h2-6,8-10,12,14-16,19,25H,7,11,13,17-18H2,1H3,(H2,29,30,33)/t19-,25-/m1/s1. The molecule has 0 saturated carbocycles. The van der Waals surface area contributed by atoms with Crippen LogP contribution in [0.25, 0.3) is 0 Å². The number of anilines is 1. The second kappa shape index (κ2) is 9.59. The van der Waals surface area contributed by atoms with Gasteiger partial charge in [0, 0.05) is 17.8 Å². The highest BCUT2D eigenvalue weighted by molar-refractivity contribution is 5.89. The van der Waals surface area contributed by atoms with Gasteiger partial charge in [0.15, 0.2) is 6.10 Å². The van der Waals surface area contributed by atoms with Crippen molar-refractivity contribution >= 4 is 17.6 Å². The van der Waals surface area contributed by atoms with E-state index in [2.05, 4.69) is 28.8 Å². The molecule has 0 fully saturated rings. The maximum absolute atomic E-state index is 13.3. The van der Waals surface area contributed by atoms with Crippen LogP contribution in [0.5, 0.6) is 5.75 Å². The highest BCUT2D eigenvalue weighted by atomic mass is 16.5. The van der Waals surface area contributed by atoms with Crippen molar-refractivity contribution in [3.8, 4) is 5.75 Å². The molecule has 2 aliphatic rings. The number of hydrogen-bond donors (Lipinski definition) is 2. The molecule has 0 unspecified atom stereocenters. The van der Waals surface area contributed by atoms with E-state index in [1.165, 1.54) is 11.1 Å². The summed E-state index contributed by atoms with van der Waals surface area (Å²) in [6, 6.07) is 23.5. The first-order valence-corrected chi connectivity index (χ1v) is 11.8. The van der Waals surface area contributed by atoms with Crippen molar-refractivity contribution < 1.29 is 14.3 Å². The van der Waals surface area contributed by atoms with Crippen molar-refractivity contribution in [2.75, 3.05) is 5.32 Å². The van der Waals surface area contributed by atoms with Crippen LogP contribution in [0, 0.1) is 0 Å². The van der Waals surface area contributed by atoms with Crippen molar-refractivity contribution in [3.63, 3.8) is 0 Å². The second-order valence-corrected chi connectivity index (χ2v) is 8.95. The summed E-state index contributed by atoms with van der Waals surface area (Å²) in [5.41, 5.74) is 5.13. The van der Waals surface area contributed by atoms with Crippen LogP contribution in [-0.2, 0) is 24.3 Å². The number of fused-ring (bicyclic) bond motifs is 2. The minimum atomic E-state index is -0.566. The van der Waals surface area contributed by atoms with Crippen molar-refractivity contribution in [2.24, 2.45) is 0 Å². The lowest BCUT2D eigenvalue weighted by molar-refractivity contribution is -0.140. The average Bonchev–Trinajstić information content (AvgIpc) is 2.99. The second-order valence-electron chi connectivity index (χ2n) is 8.95. The Balaban J connectivity index is 1.35. The molecule has 6 heteroatoms. The van der Waals surface area contributed by atoms with E-state index in [0.717, 1.165) is 30.4 Å². The first-order valence-electron chi connectivity index (χ1n) is 11.8. The third-order valence-electron chi connectivity index (χ3n) is 6.60. The molecule has 5 rings (SSSR count). The molecule has 1 aliphatic heterocycles. The number of carbonyl (C=O) groups excluding carboxylic acids is 2. The molecule has 0 saturated heterocycles. The predicted octanol–water partition coefficient (Wildman–Crippen LogP) is 5.20. The molecular formula is C28H29N3O3. The first kappa shape index (κ1) is 22.0. The van der Waals surface area contributed by atoms with Gasteiger partial charge in [-0.1, -0.05) is 54.6 Å². The highest BCUT2D eigenvalue weighted by Gasteiger charge is 2.35. The summed E-state index contributed by atoms with van der Waals surface area (Å²) in [6.45, 7) is 2.70. The van der Waals surface area contributed by atoms with Crippen LogP contribution >= 0.6 is 0 Å². The Bertz CT molecular complexity index is 1190. The minimum absolute atomic E-state index is 0.00647. The Morgan fingerprint density at radius 2 is 1.82 bits per heavy atom. The quantitative estimate of drug-likeness (QED) is 0.568. The van der Waals surface area contributed by atoms with Gasteiger partial charge < -0.3 is 20.3 Å². The third kappa shape index (κ3) is 4.62. The van der Waals surface area contributed by atoms with Crippen LogP contribution < -0.4 is 15.4 Å². The SMILES string of the molecule is C[C@H]1Oc2ccc(NC(=O)NCc3ccccc3)cc2CN([C@@H]2CCCc3ccccc32)C1=O. The Labute approximate surface area is 199 Å². The number of urea groups is 1. The summed E-state index contributed by atoms with van der Waals surface area (Å²) < 4.78 is 6.02. The molecule has 1 aliphatic carbocycles. The monoisotopic (exact) mass is 455 g/mol. The van der Waals surface area contributed by atoms with Crippen molar-refractivity contribution in [1.29, 1.82) is 0 Å². The van der Waals surface area contributed by atoms with Crippen LogP contribution in [0.15, 0.2) is 72.8 Å². The van der Waals surface area contributed by atoms with Crippen LogP contribution in [-0.4, -0.2) is 22.9 Å². The van der Waals surface area contributed by atoms with Crippen molar-refractivity contribution in [3.05, 3.63) is 95.1 Å². The Hall–Kier alpha value is -3.80. The molecule has 0 radical (unpaired) electrons. The summed E-state index contributed by atoms with van der Waals surface area (Å²) >= 11 is 0. The van der Waals surface area contributed by atoms with Crippen LogP contribution in [0.4, 0.5) is 10.5 Å². The van der Waals surface area contributed by atoms with E-state index >= 15 is 0 Å². The first-order chi connectivity index (χ1) is 16.6. The van der Waals surface area contributed by atoms with Crippen molar-refractivity contribution in [1.82, 2.24) is 10.2 Å². The van der Waals surface area contributed by atoms with Gasteiger partial charge in [0.2, 0.25) is 0 Å². The molecule has 0 bridgehead atoms. The largest absolute Gasteiger partial charge is 0.481 e. The van der Waals surface area contributed by atoms with Gasteiger partial charge in [0.25, 0.3) is 5.91 Å². The fraction of sp³-hybridized carbons (Fsp3) is 0.286. The lowest BCUT2D eigenvalue weighted by atomic mass is 9.86. The van der Waals surface area contributed by atoms with E-state index < -0.39 is 6.10 Å². The molecule has 34 heavy (non-hydrogen) atoms. The summed E-state index contributed by atoms with van der Waals surface area (Å²) in [5, 5.41) is 5.79.